The Morgan fingerprint density at radius 3 is 2.58 bits per heavy atom. The number of rotatable bonds is 3. The minimum atomic E-state index is -0.250. The fraction of sp³-hybridized carbons (Fsp3) is 0.458. The van der Waals surface area contributed by atoms with Crippen molar-refractivity contribution in [1.82, 2.24) is 19.3 Å². The number of nitrogens with zero attached hydrogens (tertiary/aromatic N) is 6. The van der Waals surface area contributed by atoms with Crippen LogP contribution in [-0.2, 0) is 18.9 Å². The first-order valence-corrected chi connectivity index (χ1v) is 12.8. The lowest BCUT2D eigenvalue weighted by Gasteiger charge is -2.42. The third kappa shape index (κ3) is 4.56. The zero-order chi connectivity index (χ0) is 26.0. The molecule has 2 fully saturated rings. The number of nitriles is 1. The summed E-state index contributed by atoms with van der Waals surface area (Å²) in [7, 11) is 3.48. The Labute approximate surface area is 217 Å². The number of carbonyl (C=O) groups is 1. The van der Waals surface area contributed by atoms with Gasteiger partial charge in [-0.15, -0.1) is 0 Å². The molecule has 1 spiro atoms. The summed E-state index contributed by atoms with van der Waals surface area (Å²) in [5, 5.41) is 21.7. The molecule has 5 rings (SSSR count). The molecule has 3 aromatic rings. The molecule has 3 N–H and O–H groups in total. The zero-order valence-electron chi connectivity index (χ0n) is 20.1. The molecule has 10 nitrogen and oxygen atoms in total. The summed E-state index contributed by atoms with van der Waals surface area (Å²) in [5.74, 6) is 0.686. The van der Waals surface area contributed by atoms with E-state index in [1.54, 1.807) is 24.9 Å². The van der Waals surface area contributed by atoms with Crippen LogP contribution in [-0.4, -0.2) is 50.0 Å². The number of piperidine rings is 1. The number of benzene rings is 1. The summed E-state index contributed by atoms with van der Waals surface area (Å²) >= 11 is 7.89. The zero-order valence-corrected chi connectivity index (χ0v) is 21.7. The van der Waals surface area contributed by atoms with Crippen molar-refractivity contribution in [2.45, 2.75) is 47.9 Å². The van der Waals surface area contributed by atoms with Gasteiger partial charge in [0, 0.05) is 38.1 Å². The van der Waals surface area contributed by atoms with Gasteiger partial charge in [-0.2, -0.15) is 10.4 Å². The molecule has 1 unspecified atom stereocenters. The summed E-state index contributed by atoms with van der Waals surface area (Å²) in [6.07, 6.45) is 7.26. The molecule has 0 amide bonds. The van der Waals surface area contributed by atoms with Crippen LogP contribution in [0.5, 0.6) is 0 Å². The number of hydrogen-bond donors (Lipinski definition) is 2. The third-order valence-corrected chi connectivity index (χ3v) is 8.92. The first-order chi connectivity index (χ1) is 17.3. The van der Waals surface area contributed by atoms with Gasteiger partial charge in [-0.3, -0.25) is 18.8 Å². The second kappa shape index (κ2) is 10.5. The molecular weight excluding hydrogens is 502 g/mol. The topological polar surface area (TPSA) is 143 Å². The summed E-state index contributed by atoms with van der Waals surface area (Å²) in [6, 6.07) is 6.08. The van der Waals surface area contributed by atoms with Crippen LogP contribution in [0.1, 0.15) is 37.8 Å². The molecule has 1 aliphatic heterocycles. The van der Waals surface area contributed by atoms with Crippen molar-refractivity contribution in [2.24, 2.45) is 25.2 Å². The van der Waals surface area contributed by atoms with Crippen LogP contribution in [0.4, 0.5) is 5.95 Å². The third-order valence-electron chi connectivity index (χ3n) is 7.36. The van der Waals surface area contributed by atoms with Crippen molar-refractivity contribution in [2.75, 3.05) is 18.0 Å². The number of halogens is 1. The highest BCUT2D eigenvalue weighted by Gasteiger charge is 2.43. The van der Waals surface area contributed by atoms with E-state index in [9.17, 15) is 10.1 Å². The number of aromatic nitrogens is 4. The first-order valence-electron chi connectivity index (χ1n) is 11.6. The fourth-order valence-corrected chi connectivity index (χ4v) is 6.63. The number of fused-ring (bicyclic) bond motifs is 1. The highest BCUT2D eigenvalue weighted by molar-refractivity contribution is 7.99. The van der Waals surface area contributed by atoms with E-state index in [0.29, 0.717) is 43.4 Å². The Morgan fingerprint density at radius 2 is 1.97 bits per heavy atom. The van der Waals surface area contributed by atoms with Crippen LogP contribution >= 0.6 is 23.4 Å². The van der Waals surface area contributed by atoms with E-state index >= 15 is 0 Å². The van der Waals surface area contributed by atoms with Gasteiger partial charge in [0.25, 0.3) is 12.0 Å². The van der Waals surface area contributed by atoms with Crippen molar-refractivity contribution >= 4 is 46.7 Å². The normalized spacial score (nSPS) is 18.6. The fourth-order valence-electron chi connectivity index (χ4n) is 5.37. The minimum Gasteiger partial charge on any atom is -0.483 e. The second-order valence-corrected chi connectivity index (χ2v) is 10.7. The summed E-state index contributed by atoms with van der Waals surface area (Å²) in [5.41, 5.74) is 7.60. The van der Waals surface area contributed by atoms with E-state index < -0.39 is 0 Å². The predicted octanol–water partition coefficient (Wildman–Crippen LogP) is 3.14. The molecule has 0 bridgehead atoms. The number of hydrogen-bond acceptors (Lipinski definition) is 8. The number of anilines is 1. The number of nitrogens with two attached hydrogens (primary N) is 1. The molecule has 1 saturated carbocycles. The Balaban J connectivity index is 0.000000967. The molecule has 190 valence electrons. The lowest BCUT2D eigenvalue weighted by Crippen LogP contribution is -2.48. The lowest BCUT2D eigenvalue weighted by atomic mass is 9.74. The summed E-state index contributed by atoms with van der Waals surface area (Å²) < 4.78 is 3.13. The SMILES string of the molecule is Cn1nc2ccc(Sc3cnc(N4CCC5(CCCC5N)CC4)n(C)c3=O)c(Cl)c2c1C#N.O=CO. The molecule has 1 saturated heterocycles. The predicted molar refractivity (Wildman–Crippen MR) is 138 cm³/mol. The van der Waals surface area contributed by atoms with Gasteiger partial charge >= 0.3 is 0 Å². The maximum atomic E-state index is 13.2. The first kappa shape index (κ1) is 26.0. The van der Waals surface area contributed by atoms with Gasteiger partial charge in [0.15, 0.2) is 0 Å². The van der Waals surface area contributed by atoms with Crippen molar-refractivity contribution in [3.05, 3.63) is 39.4 Å². The summed E-state index contributed by atoms with van der Waals surface area (Å²) in [4.78, 5) is 29.6. The largest absolute Gasteiger partial charge is 0.483 e. The summed E-state index contributed by atoms with van der Waals surface area (Å²) in [6.45, 7) is 1.47. The lowest BCUT2D eigenvalue weighted by molar-refractivity contribution is -0.122. The van der Waals surface area contributed by atoms with Gasteiger partial charge in [0.1, 0.15) is 11.8 Å². The Bertz CT molecular complexity index is 1390. The Kier molecular flexibility index (Phi) is 7.59. The molecule has 1 aliphatic carbocycles. The highest BCUT2D eigenvalue weighted by atomic mass is 35.5. The van der Waals surface area contributed by atoms with Gasteiger partial charge in [0.2, 0.25) is 5.95 Å². The van der Waals surface area contributed by atoms with Gasteiger partial charge in [-0.05, 0) is 43.2 Å². The van der Waals surface area contributed by atoms with Crippen LogP contribution in [0.15, 0.2) is 32.9 Å². The average Bonchev–Trinajstić information content (AvgIpc) is 3.38. The van der Waals surface area contributed by atoms with Crippen LogP contribution in [0.2, 0.25) is 5.02 Å². The van der Waals surface area contributed by atoms with E-state index in [1.165, 1.54) is 29.3 Å². The van der Waals surface area contributed by atoms with E-state index in [-0.39, 0.29) is 17.4 Å². The minimum absolute atomic E-state index is 0.120. The molecule has 2 aliphatic rings. The molecule has 0 radical (unpaired) electrons. The van der Waals surface area contributed by atoms with E-state index in [0.717, 1.165) is 32.4 Å². The molecule has 2 aromatic heterocycles. The Morgan fingerprint density at radius 1 is 1.28 bits per heavy atom. The van der Waals surface area contributed by atoms with Crippen molar-refractivity contribution in [3.8, 4) is 6.07 Å². The average molecular weight is 530 g/mol. The van der Waals surface area contributed by atoms with Gasteiger partial charge in [0.05, 0.1) is 27.0 Å². The van der Waals surface area contributed by atoms with Crippen molar-refractivity contribution < 1.29 is 9.90 Å². The van der Waals surface area contributed by atoms with E-state index in [2.05, 4.69) is 21.1 Å². The van der Waals surface area contributed by atoms with Gasteiger partial charge in [-0.25, -0.2) is 4.98 Å². The van der Waals surface area contributed by atoms with E-state index in [1.807, 2.05) is 12.1 Å². The standard InChI is InChI=1S/C23H26ClN7OS.CH2O2/c1-29-21(32)17(33-16-6-5-14-19(20(16)24)15(12-25)30(2)28-14)13-27-22(29)31-10-8-23(9-11-31)7-3-4-18(23)26;2-1-3/h5-6,13,18H,3-4,7-11,26H2,1-2H3;1H,(H,2,3). The molecule has 1 aromatic carbocycles. The van der Waals surface area contributed by atoms with Crippen LogP contribution in [0, 0.1) is 16.7 Å². The quantitative estimate of drug-likeness (QED) is 0.489. The molecule has 1 atom stereocenters. The molecular formula is C24H28ClN7O3S. The maximum absolute atomic E-state index is 13.2. The Hall–Kier alpha value is -3.07. The highest BCUT2D eigenvalue weighted by Crippen LogP contribution is 2.46. The maximum Gasteiger partial charge on any atom is 0.290 e. The van der Waals surface area contributed by atoms with Crippen molar-refractivity contribution in [1.29, 1.82) is 5.26 Å². The molecule has 3 heterocycles. The van der Waals surface area contributed by atoms with E-state index in [4.69, 9.17) is 27.2 Å². The monoisotopic (exact) mass is 529 g/mol. The van der Waals surface area contributed by atoms with Crippen LogP contribution in [0.3, 0.4) is 0 Å². The van der Waals surface area contributed by atoms with Gasteiger partial charge in [-0.1, -0.05) is 29.8 Å². The smallest absolute Gasteiger partial charge is 0.290 e. The number of carboxylic acid groups (broad SMARTS) is 1. The van der Waals surface area contributed by atoms with Crippen LogP contribution in [0.25, 0.3) is 10.9 Å². The second-order valence-electron chi connectivity index (χ2n) is 9.20. The molecule has 36 heavy (non-hydrogen) atoms. The molecule has 12 heteroatoms. The van der Waals surface area contributed by atoms with Gasteiger partial charge < -0.3 is 15.7 Å². The number of aryl methyl sites for hydroxylation is 1. The van der Waals surface area contributed by atoms with Crippen LogP contribution < -0.4 is 16.2 Å². The van der Waals surface area contributed by atoms with Crippen molar-refractivity contribution in [3.63, 3.8) is 0 Å².